The van der Waals surface area contributed by atoms with E-state index < -0.39 is 10.0 Å². The summed E-state index contributed by atoms with van der Waals surface area (Å²) >= 11 is 3.42. The fourth-order valence-electron chi connectivity index (χ4n) is 3.33. The van der Waals surface area contributed by atoms with Gasteiger partial charge in [0.1, 0.15) is 0 Å². The number of halogens is 1. The molecule has 140 valence electrons. The smallest absolute Gasteiger partial charge is 0.243 e. The Hall–Kier alpha value is -1.57. The topological polar surface area (TPSA) is 55.8 Å². The molecule has 0 saturated carbocycles. The van der Waals surface area contributed by atoms with Crippen LogP contribution in [0.2, 0.25) is 0 Å². The molecule has 0 spiro atoms. The number of aryl methyl sites for hydroxylation is 1. The molecule has 2 aromatic rings. The summed E-state index contributed by atoms with van der Waals surface area (Å²) in [7, 11) is -0.408. The van der Waals surface area contributed by atoms with Gasteiger partial charge < -0.3 is 9.47 Å². The number of rotatable bonds is 5. The maximum absolute atomic E-state index is 13.2. The van der Waals surface area contributed by atoms with Crippen LogP contribution >= 0.6 is 15.9 Å². The molecule has 1 fully saturated rings. The Bertz CT molecular complexity index is 914. The van der Waals surface area contributed by atoms with Crippen molar-refractivity contribution < 1.29 is 17.9 Å². The molecule has 1 saturated heterocycles. The fourth-order valence-corrected chi connectivity index (χ4v) is 5.35. The molecule has 3 rings (SSSR count). The van der Waals surface area contributed by atoms with E-state index in [1.165, 1.54) is 0 Å². The molecular weight excluding hydrogens is 418 g/mol. The molecule has 1 atom stereocenters. The van der Waals surface area contributed by atoms with Crippen LogP contribution in [0.3, 0.4) is 0 Å². The van der Waals surface area contributed by atoms with E-state index in [1.54, 1.807) is 36.7 Å². The van der Waals surface area contributed by atoms with Crippen LogP contribution in [0.25, 0.3) is 0 Å². The van der Waals surface area contributed by atoms with E-state index in [-0.39, 0.29) is 6.04 Å². The third-order valence-electron chi connectivity index (χ3n) is 4.73. The maximum atomic E-state index is 13.2. The van der Waals surface area contributed by atoms with Crippen molar-refractivity contribution in [2.75, 3.05) is 20.8 Å². The van der Waals surface area contributed by atoms with Gasteiger partial charge in [0.15, 0.2) is 11.5 Å². The number of nitrogens with zero attached hydrogens (tertiary/aromatic N) is 1. The summed E-state index contributed by atoms with van der Waals surface area (Å²) in [5.41, 5.74) is 1.81. The van der Waals surface area contributed by atoms with E-state index in [2.05, 4.69) is 15.9 Å². The molecule has 0 bridgehead atoms. The van der Waals surface area contributed by atoms with Gasteiger partial charge in [-0.05, 0) is 61.2 Å². The zero-order valence-electron chi connectivity index (χ0n) is 15.0. The Morgan fingerprint density at radius 1 is 1.08 bits per heavy atom. The summed E-state index contributed by atoms with van der Waals surface area (Å²) in [6, 6.07) is 10.5. The van der Waals surface area contributed by atoms with Crippen molar-refractivity contribution in [2.45, 2.75) is 30.7 Å². The average molecular weight is 440 g/mol. The zero-order valence-corrected chi connectivity index (χ0v) is 17.4. The first-order valence-corrected chi connectivity index (χ1v) is 10.6. The highest BCUT2D eigenvalue weighted by molar-refractivity contribution is 9.10. The molecule has 26 heavy (non-hydrogen) atoms. The summed E-state index contributed by atoms with van der Waals surface area (Å²) in [6.07, 6.45) is 1.61. The number of sulfonamides is 1. The molecule has 7 heteroatoms. The predicted octanol–water partition coefficient (Wildman–Crippen LogP) is 4.30. The first-order chi connectivity index (χ1) is 12.4. The molecule has 1 aliphatic heterocycles. The lowest BCUT2D eigenvalue weighted by Crippen LogP contribution is -2.30. The second-order valence-electron chi connectivity index (χ2n) is 6.30. The minimum atomic E-state index is -3.57. The second-order valence-corrected chi connectivity index (χ2v) is 9.04. The molecule has 1 unspecified atom stereocenters. The number of ether oxygens (including phenoxy) is 2. The van der Waals surface area contributed by atoms with Gasteiger partial charge in [0.25, 0.3) is 0 Å². The molecule has 0 aliphatic carbocycles. The molecule has 5 nitrogen and oxygen atoms in total. The monoisotopic (exact) mass is 439 g/mol. The summed E-state index contributed by atoms with van der Waals surface area (Å²) < 4.78 is 39.6. The average Bonchev–Trinajstić information content (AvgIpc) is 3.14. The van der Waals surface area contributed by atoms with E-state index in [1.807, 2.05) is 25.1 Å². The van der Waals surface area contributed by atoms with Gasteiger partial charge in [-0.3, -0.25) is 0 Å². The summed E-state index contributed by atoms with van der Waals surface area (Å²) in [4.78, 5) is 0.325. The van der Waals surface area contributed by atoms with Crippen LogP contribution in [0, 0.1) is 6.92 Å². The molecule has 1 aliphatic rings. The van der Waals surface area contributed by atoms with Crippen LogP contribution in [0.15, 0.2) is 45.8 Å². The number of methoxy groups -OCH3 is 2. The third kappa shape index (κ3) is 3.48. The Balaban J connectivity index is 1.98. The number of hydrogen-bond acceptors (Lipinski definition) is 4. The van der Waals surface area contributed by atoms with Crippen molar-refractivity contribution in [1.29, 1.82) is 0 Å². The van der Waals surface area contributed by atoms with Gasteiger partial charge in [-0.25, -0.2) is 8.42 Å². The van der Waals surface area contributed by atoms with Gasteiger partial charge in [0.05, 0.1) is 25.2 Å². The standard InChI is InChI=1S/C19H22BrNO4S/c1-13-11-15(7-8-16(13)20)26(22,23)21-10-4-5-17(21)14-6-9-18(24-2)19(12-14)25-3/h6-9,11-12,17H,4-5,10H2,1-3H3. The quantitative estimate of drug-likeness (QED) is 0.696. The second kappa shape index (κ2) is 7.58. The van der Waals surface area contributed by atoms with Crippen molar-refractivity contribution in [3.8, 4) is 11.5 Å². The highest BCUT2D eigenvalue weighted by atomic mass is 79.9. The summed E-state index contributed by atoms with van der Waals surface area (Å²) in [5.74, 6) is 1.24. The van der Waals surface area contributed by atoms with Gasteiger partial charge in [0, 0.05) is 11.0 Å². The molecule has 1 heterocycles. The van der Waals surface area contributed by atoms with Gasteiger partial charge in [0.2, 0.25) is 10.0 Å². The summed E-state index contributed by atoms with van der Waals surface area (Å²) in [6.45, 7) is 2.40. The van der Waals surface area contributed by atoms with Crippen molar-refractivity contribution in [3.63, 3.8) is 0 Å². The first kappa shape index (κ1) is 19.2. The minimum absolute atomic E-state index is 0.205. The van der Waals surface area contributed by atoms with Gasteiger partial charge in [-0.1, -0.05) is 22.0 Å². The molecular formula is C19H22BrNO4S. The number of hydrogen-bond donors (Lipinski definition) is 0. The maximum Gasteiger partial charge on any atom is 0.243 e. The van der Waals surface area contributed by atoms with Crippen LogP contribution in [-0.2, 0) is 10.0 Å². The lowest BCUT2D eigenvalue weighted by Gasteiger charge is -2.25. The lowest BCUT2D eigenvalue weighted by atomic mass is 10.0. The van der Waals surface area contributed by atoms with E-state index in [4.69, 9.17) is 9.47 Å². The van der Waals surface area contributed by atoms with Crippen LogP contribution in [-0.4, -0.2) is 33.5 Å². The highest BCUT2D eigenvalue weighted by Gasteiger charge is 2.36. The highest BCUT2D eigenvalue weighted by Crippen LogP contribution is 2.40. The Labute approximate surface area is 163 Å². The van der Waals surface area contributed by atoms with E-state index in [0.717, 1.165) is 28.4 Å². The molecule has 0 aromatic heterocycles. The van der Waals surface area contributed by atoms with Gasteiger partial charge >= 0.3 is 0 Å². The van der Waals surface area contributed by atoms with Crippen LogP contribution in [0.1, 0.15) is 30.0 Å². The number of benzene rings is 2. The molecule has 0 amide bonds. The van der Waals surface area contributed by atoms with Gasteiger partial charge in [-0.15, -0.1) is 0 Å². The van der Waals surface area contributed by atoms with Gasteiger partial charge in [-0.2, -0.15) is 4.31 Å². The Kier molecular flexibility index (Phi) is 5.60. The minimum Gasteiger partial charge on any atom is -0.493 e. The SMILES string of the molecule is COc1ccc(C2CCCN2S(=O)(=O)c2ccc(Br)c(C)c2)cc1OC. The third-order valence-corrected chi connectivity index (χ3v) is 7.53. The fraction of sp³-hybridized carbons (Fsp3) is 0.368. The predicted molar refractivity (Wildman–Crippen MR) is 104 cm³/mol. The van der Waals surface area contributed by atoms with Crippen molar-refractivity contribution in [2.24, 2.45) is 0 Å². The molecule has 0 radical (unpaired) electrons. The zero-order chi connectivity index (χ0) is 18.9. The van der Waals surface area contributed by atoms with Crippen molar-refractivity contribution in [3.05, 3.63) is 52.0 Å². The van der Waals surface area contributed by atoms with E-state index in [9.17, 15) is 8.42 Å². The Morgan fingerprint density at radius 2 is 1.81 bits per heavy atom. The molecule has 2 aromatic carbocycles. The van der Waals surface area contributed by atoms with Crippen LogP contribution in [0.5, 0.6) is 11.5 Å². The lowest BCUT2D eigenvalue weighted by molar-refractivity contribution is 0.351. The Morgan fingerprint density at radius 3 is 2.46 bits per heavy atom. The van der Waals surface area contributed by atoms with E-state index in [0.29, 0.717) is 22.9 Å². The molecule has 0 N–H and O–H groups in total. The summed E-state index contributed by atoms with van der Waals surface area (Å²) in [5, 5.41) is 0. The van der Waals surface area contributed by atoms with Crippen LogP contribution < -0.4 is 9.47 Å². The normalized spacial score (nSPS) is 18.1. The van der Waals surface area contributed by atoms with E-state index >= 15 is 0 Å². The largest absolute Gasteiger partial charge is 0.493 e. The van der Waals surface area contributed by atoms with Crippen LogP contribution in [0.4, 0.5) is 0 Å². The van der Waals surface area contributed by atoms with Crippen molar-refractivity contribution >= 4 is 26.0 Å². The van der Waals surface area contributed by atoms with Crippen molar-refractivity contribution in [1.82, 2.24) is 4.31 Å². The first-order valence-electron chi connectivity index (χ1n) is 8.38.